The van der Waals surface area contributed by atoms with E-state index in [4.69, 9.17) is 15.5 Å². The monoisotopic (exact) mass is 253 g/mol. The van der Waals surface area contributed by atoms with Crippen molar-refractivity contribution in [2.45, 2.75) is 9.79 Å². The van der Waals surface area contributed by atoms with Crippen LogP contribution in [0.1, 0.15) is 0 Å². The molecule has 7 nitrogen and oxygen atoms in total. The molecule has 1 aromatic carbocycles. The molecule has 4 N–H and O–H groups in total. The van der Waals surface area contributed by atoms with Crippen molar-refractivity contribution in [1.82, 2.24) is 0 Å². The predicted octanol–water partition coefficient (Wildman–Crippen LogP) is 0.944. The molecule has 0 bridgehead atoms. The molecule has 0 atom stereocenters. The third kappa shape index (κ3) is 3.34. The number of hydrogen-bond acceptors (Lipinski definition) is 7. The van der Waals surface area contributed by atoms with Crippen LogP contribution in [0.3, 0.4) is 0 Å². The fourth-order valence-corrected chi connectivity index (χ4v) is 1.82. The molecule has 1 rings (SSSR count). The number of hydrogen-bond donors (Lipinski definition) is 3. The Bertz CT molecular complexity index is 445. The summed E-state index contributed by atoms with van der Waals surface area (Å²) in [5.74, 6) is 0. The van der Waals surface area contributed by atoms with Crippen LogP contribution in [0.2, 0.25) is 0 Å². The van der Waals surface area contributed by atoms with E-state index in [1.165, 1.54) is 6.07 Å². The van der Waals surface area contributed by atoms with Crippen molar-refractivity contribution in [2.24, 2.45) is 0 Å². The van der Waals surface area contributed by atoms with Crippen molar-refractivity contribution in [3.05, 3.63) is 18.2 Å². The summed E-state index contributed by atoms with van der Waals surface area (Å²) in [7, 11) is -4.29. The first-order valence-corrected chi connectivity index (χ1v) is 5.65. The zero-order valence-electron chi connectivity index (χ0n) is 7.15. The van der Waals surface area contributed by atoms with Crippen LogP contribution >= 0.6 is 12.0 Å². The minimum absolute atomic E-state index is 0.180. The van der Waals surface area contributed by atoms with Crippen molar-refractivity contribution < 1.29 is 27.6 Å². The lowest BCUT2D eigenvalue weighted by Gasteiger charge is -2.04. The molecular formula is C6H7NO6S2. The van der Waals surface area contributed by atoms with E-state index >= 15 is 0 Å². The van der Waals surface area contributed by atoms with Gasteiger partial charge in [-0.1, -0.05) is 5.04 Å². The molecule has 0 radical (unpaired) electrons. The Morgan fingerprint density at radius 2 is 2.07 bits per heavy atom. The number of nitrogen functional groups attached to an aromatic ring is 1. The lowest BCUT2D eigenvalue weighted by Crippen LogP contribution is -1.99. The first-order valence-electron chi connectivity index (χ1n) is 3.47. The van der Waals surface area contributed by atoms with Gasteiger partial charge in [-0.15, -0.1) is 4.33 Å². The Kier molecular flexibility index (Phi) is 3.90. The van der Waals surface area contributed by atoms with Crippen LogP contribution < -0.4 is 5.73 Å². The third-order valence-electron chi connectivity index (χ3n) is 1.44. The molecule has 0 spiro atoms. The molecule has 84 valence electrons. The largest absolute Gasteiger partial charge is 0.398 e. The maximum Gasteiger partial charge on any atom is 0.294 e. The number of rotatable bonds is 4. The van der Waals surface area contributed by atoms with Crippen molar-refractivity contribution in [3.63, 3.8) is 0 Å². The van der Waals surface area contributed by atoms with E-state index < -0.39 is 10.1 Å². The number of anilines is 1. The van der Waals surface area contributed by atoms with E-state index in [1.54, 1.807) is 0 Å². The molecule has 0 amide bonds. The molecular weight excluding hydrogens is 246 g/mol. The van der Waals surface area contributed by atoms with Crippen LogP contribution in [-0.2, 0) is 19.5 Å². The summed E-state index contributed by atoms with van der Waals surface area (Å²) >= 11 is 0.505. The van der Waals surface area contributed by atoms with Gasteiger partial charge in [0.1, 0.15) is 0 Å². The van der Waals surface area contributed by atoms with Crippen molar-refractivity contribution in [1.29, 1.82) is 0 Å². The Labute approximate surface area is 89.6 Å². The van der Waals surface area contributed by atoms with Gasteiger partial charge in [0.2, 0.25) is 0 Å². The fourth-order valence-electron chi connectivity index (χ4n) is 0.799. The number of benzene rings is 1. The Hall–Kier alpha value is -0.840. The molecule has 0 aromatic heterocycles. The average molecular weight is 253 g/mol. The van der Waals surface area contributed by atoms with Crippen LogP contribution in [0.4, 0.5) is 5.69 Å². The molecule has 9 heteroatoms. The van der Waals surface area contributed by atoms with Gasteiger partial charge in [0, 0.05) is 5.69 Å². The predicted molar refractivity (Wildman–Crippen MR) is 51.3 cm³/mol. The summed E-state index contributed by atoms with van der Waals surface area (Å²) in [5, 5.41) is 11.2. The lowest BCUT2D eigenvalue weighted by molar-refractivity contribution is -0.432. The maximum absolute atomic E-state index is 10.8. The van der Waals surface area contributed by atoms with Crippen LogP contribution in [0.5, 0.6) is 0 Å². The van der Waals surface area contributed by atoms with Gasteiger partial charge in [-0.2, -0.15) is 8.42 Å². The van der Waals surface area contributed by atoms with Gasteiger partial charge in [-0.05, 0) is 18.2 Å². The van der Waals surface area contributed by atoms with E-state index in [0.29, 0.717) is 12.0 Å². The summed E-state index contributed by atoms with van der Waals surface area (Å²) in [5.41, 5.74) is 5.67. The van der Waals surface area contributed by atoms with E-state index in [9.17, 15) is 8.42 Å². The minimum Gasteiger partial charge on any atom is -0.398 e. The van der Waals surface area contributed by atoms with Crippen LogP contribution in [0.25, 0.3) is 0 Å². The molecule has 0 fully saturated rings. The molecule has 0 aliphatic heterocycles. The molecule has 1 aromatic rings. The van der Waals surface area contributed by atoms with Gasteiger partial charge in [-0.25, -0.2) is 5.26 Å². The van der Waals surface area contributed by atoms with Gasteiger partial charge >= 0.3 is 0 Å². The SMILES string of the molecule is Nc1ccc(S(=O)(=O)O)cc1SOOO. The highest BCUT2D eigenvalue weighted by Gasteiger charge is 2.12. The van der Waals surface area contributed by atoms with Gasteiger partial charge in [0.25, 0.3) is 10.1 Å². The van der Waals surface area contributed by atoms with Crippen LogP contribution in [0.15, 0.2) is 28.0 Å². The summed E-state index contributed by atoms with van der Waals surface area (Å²) in [6.07, 6.45) is 0. The molecule has 0 aliphatic rings. The summed E-state index contributed by atoms with van der Waals surface area (Å²) in [6.45, 7) is 0. The second kappa shape index (κ2) is 4.79. The van der Waals surface area contributed by atoms with E-state index in [1.807, 2.05) is 0 Å². The highest BCUT2D eigenvalue weighted by molar-refractivity contribution is 7.94. The third-order valence-corrected chi connectivity index (χ3v) is 2.95. The standard InChI is InChI=1S/C6H7NO6S2/c7-5-2-1-4(15(9,10)11)3-6(5)14-13-12-8/h1-3,8H,7H2,(H,9,10,11). The molecule has 0 aliphatic carbocycles. The van der Waals surface area contributed by atoms with E-state index in [-0.39, 0.29) is 15.5 Å². The van der Waals surface area contributed by atoms with Crippen molar-refractivity contribution >= 4 is 27.8 Å². The first-order chi connectivity index (χ1) is 6.95. The lowest BCUT2D eigenvalue weighted by atomic mass is 10.3. The Balaban J connectivity index is 3.06. The van der Waals surface area contributed by atoms with Crippen LogP contribution in [0, 0.1) is 0 Å². The first kappa shape index (κ1) is 12.2. The molecule has 0 saturated carbocycles. The van der Waals surface area contributed by atoms with Gasteiger partial charge in [-0.3, -0.25) is 4.55 Å². The summed E-state index contributed by atoms with van der Waals surface area (Å²) < 4.78 is 34.3. The zero-order valence-corrected chi connectivity index (χ0v) is 8.79. The smallest absolute Gasteiger partial charge is 0.294 e. The molecule has 0 heterocycles. The van der Waals surface area contributed by atoms with Crippen molar-refractivity contribution in [3.8, 4) is 0 Å². The van der Waals surface area contributed by atoms with Crippen LogP contribution in [-0.4, -0.2) is 18.2 Å². The average Bonchev–Trinajstić information content (AvgIpc) is 2.15. The molecule has 0 saturated heterocycles. The fraction of sp³-hybridized carbons (Fsp3) is 0. The van der Waals surface area contributed by atoms with E-state index in [2.05, 4.69) is 9.37 Å². The zero-order chi connectivity index (χ0) is 11.5. The quantitative estimate of drug-likeness (QED) is 0.238. The Morgan fingerprint density at radius 3 is 2.60 bits per heavy atom. The molecule has 0 unspecified atom stereocenters. The topological polar surface area (TPSA) is 119 Å². The summed E-state index contributed by atoms with van der Waals surface area (Å²) in [6, 6.07) is 3.48. The normalized spacial score (nSPS) is 11.6. The second-order valence-corrected chi connectivity index (χ2v) is 4.56. The maximum atomic E-state index is 10.8. The van der Waals surface area contributed by atoms with Gasteiger partial charge < -0.3 is 5.73 Å². The molecule has 15 heavy (non-hydrogen) atoms. The van der Waals surface area contributed by atoms with E-state index in [0.717, 1.165) is 12.1 Å². The van der Waals surface area contributed by atoms with Crippen molar-refractivity contribution in [2.75, 3.05) is 5.73 Å². The van der Waals surface area contributed by atoms with Gasteiger partial charge in [0.05, 0.1) is 21.8 Å². The Morgan fingerprint density at radius 1 is 1.40 bits per heavy atom. The van der Waals surface area contributed by atoms with Gasteiger partial charge in [0.15, 0.2) is 0 Å². The number of nitrogens with two attached hydrogens (primary N) is 1. The second-order valence-electron chi connectivity index (χ2n) is 2.40. The highest BCUT2D eigenvalue weighted by atomic mass is 32.2. The summed E-state index contributed by atoms with van der Waals surface area (Å²) in [4.78, 5) is -0.153. The minimum atomic E-state index is -4.29. The highest BCUT2D eigenvalue weighted by Crippen LogP contribution is 2.28.